The first kappa shape index (κ1) is 13.9. The summed E-state index contributed by atoms with van der Waals surface area (Å²) in [5.74, 6) is 0. The smallest absolute Gasteiger partial charge is 0.0277 e. The molecule has 0 radical (unpaired) electrons. The zero-order valence-electron chi connectivity index (χ0n) is 11.9. The van der Waals surface area contributed by atoms with E-state index in [0.717, 1.165) is 0 Å². The van der Waals surface area contributed by atoms with Crippen LogP contribution in [0, 0.1) is 0 Å². The SMILES string of the molecule is CNC(C)CC(C)N1CCN(C)C(C)(C)C1. The highest BCUT2D eigenvalue weighted by Gasteiger charge is 2.32. The van der Waals surface area contributed by atoms with Crippen LogP contribution in [0.3, 0.4) is 0 Å². The van der Waals surface area contributed by atoms with Crippen molar-refractivity contribution in [3.63, 3.8) is 0 Å². The van der Waals surface area contributed by atoms with Crippen molar-refractivity contribution in [3.8, 4) is 0 Å². The lowest BCUT2D eigenvalue weighted by molar-refractivity contribution is 0.0172. The minimum absolute atomic E-state index is 0.315. The standard InChI is InChI=1S/C13H29N3/c1-11(14-5)9-12(2)16-8-7-15(6)13(3,4)10-16/h11-12,14H,7-10H2,1-6H3. The molecule has 0 amide bonds. The van der Waals surface area contributed by atoms with Crippen LogP contribution in [-0.4, -0.2) is 61.2 Å². The molecule has 0 aromatic rings. The summed E-state index contributed by atoms with van der Waals surface area (Å²) in [5.41, 5.74) is 0.315. The molecule has 1 N–H and O–H groups in total. The molecule has 1 saturated heterocycles. The highest BCUT2D eigenvalue weighted by Crippen LogP contribution is 2.21. The van der Waals surface area contributed by atoms with Gasteiger partial charge in [0.1, 0.15) is 0 Å². The normalized spacial score (nSPS) is 26.6. The molecule has 1 rings (SSSR count). The Morgan fingerprint density at radius 3 is 2.38 bits per heavy atom. The van der Waals surface area contributed by atoms with Gasteiger partial charge in [-0.25, -0.2) is 0 Å². The first-order valence-electron chi connectivity index (χ1n) is 6.49. The van der Waals surface area contributed by atoms with Crippen LogP contribution in [0.5, 0.6) is 0 Å². The lowest BCUT2D eigenvalue weighted by Crippen LogP contribution is -2.59. The predicted molar refractivity (Wildman–Crippen MR) is 70.9 cm³/mol. The Kier molecular flexibility index (Phi) is 4.77. The summed E-state index contributed by atoms with van der Waals surface area (Å²) in [7, 11) is 4.28. The first-order chi connectivity index (χ1) is 7.36. The van der Waals surface area contributed by atoms with Gasteiger partial charge in [0.2, 0.25) is 0 Å². The monoisotopic (exact) mass is 227 g/mol. The summed E-state index contributed by atoms with van der Waals surface area (Å²) >= 11 is 0. The molecule has 0 saturated carbocycles. The summed E-state index contributed by atoms with van der Waals surface area (Å²) in [6.07, 6.45) is 1.23. The number of likely N-dealkylation sites (N-methyl/N-ethyl adjacent to an activating group) is 1. The van der Waals surface area contributed by atoms with Crippen LogP contribution >= 0.6 is 0 Å². The molecule has 3 nitrogen and oxygen atoms in total. The van der Waals surface area contributed by atoms with Gasteiger partial charge in [0.05, 0.1) is 0 Å². The van der Waals surface area contributed by atoms with Crippen molar-refractivity contribution in [3.05, 3.63) is 0 Å². The molecule has 3 heteroatoms. The molecule has 1 heterocycles. The fourth-order valence-corrected chi connectivity index (χ4v) is 2.43. The lowest BCUT2D eigenvalue weighted by Gasteiger charge is -2.47. The maximum atomic E-state index is 3.33. The van der Waals surface area contributed by atoms with Crippen LogP contribution < -0.4 is 5.32 Å². The second-order valence-corrected chi connectivity index (χ2v) is 5.98. The molecule has 16 heavy (non-hydrogen) atoms. The topological polar surface area (TPSA) is 18.5 Å². The average Bonchev–Trinajstić information content (AvgIpc) is 2.21. The maximum absolute atomic E-state index is 3.33. The number of hydrogen-bond acceptors (Lipinski definition) is 3. The van der Waals surface area contributed by atoms with Crippen LogP contribution in [0.2, 0.25) is 0 Å². The fraction of sp³-hybridized carbons (Fsp3) is 1.00. The molecular weight excluding hydrogens is 198 g/mol. The molecule has 2 unspecified atom stereocenters. The van der Waals surface area contributed by atoms with Crippen molar-refractivity contribution in [2.45, 2.75) is 51.7 Å². The third-order valence-electron chi connectivity index (χ3n) is 4.16. The van der Waals surface area contributed by atoms with Crippen LogP contribution in [0.4, 0.5) is 0 Å². The van der Waals surface area contributed by atoms with Crippen molar-refractivity contribution < 1.29 is 0 Å². The van der Waals surface area contributed by atoms with Gasteiger partial charge in [-0.05, 0) is 48.2 Å². The molecule has 96 valence electrons. The van der Waals surface area contributed by atoms with E-state index in [2.05, 4.69) is 49.9 Å². The zero-order valence-corrected chi connectivity index (χ0v) is 11.9. The molecule has 1 aliphatic heterocycles. The van der Waals surface area contributed by atoms with Crippen LogP contribution in [0.1, 0.15) is 34.1 Å². The van der Waals surface area contributed by atoms with Gasteiger partial charge in [0, 0.05) is 37.3 Å². The van der Waals surface area contributed by atoms with Crippen LogP contribution in [-0.2, 0) is 0 Å². The van der Waals surface area contributed by atoms with Gasteiger partial charge in [-0.2, -0.15) is 0 Å². The van der Waals surface area contributed by atoms with E-state index in [1.165, 1.54) is 26.1 Å². The van der Waals surface area contributed by atoms with E-state index in [0.29, 0.717) is 17.6 Å². The van der Waals surface area contributed by atoms with E-state index in [1.807, 2.05) is 7.05 Å². The summed E-state index contributed by atoms with van der Waals surface area (Å²) in [6.45, 7) is 12.9. The molecule has 1 aliphatic rings. The van der Waals surface area contributed by atoms with Crippen LogP contribution in [0.25, 0.3) is 0 Å². The second-order valence-electron chi connectivity index (χ2n) is 5.98. The number of hydrogen-bond donors (Lipinski definition) is 1. The molecule has 0 aromatic carbocycles. The Morgan fingerprint density at radius 1 is 1.25 bits per heavy atom. The minimum atomic E-state index is 0.315. The highest BCUT2D eigenvalue weighted by atomic mass is 15.3. The van der Waals surface area contributed by atoms with Crippen molar-refractivity contribution in [1.29, 1.82) is 0 Å². The second kappa shape index (κ2) is 5.48. The third kappa shape index (κ3) is 3.44. The fourth-order valence-electron chi connectivity index (χ4n) is 2.43. The van der Waals surface area contributed by atoms with E-state index in [-0.39, 0.29) is 0 Å². The quantitative estimate of drug-likeness (QED) is 0.783. The average molecular weight is 227 g/mol. The van der Waals surface area contributed by atoms with Gasteiger partial charge < -0.3 is 5.32 Å². The van der Waals surface area contributed by atoms with E-state index in [1.54, 1.807) is 0 Å². The van der Waals surface area contributed by atoms with Crippen molar-refractivity contribution in [1.82, 2.24) is 15.1 Å². The van der Waals surface area contributed by atoms with Gasteiger partial charge in [-0.1, -0.05) is 0 Å². The molecule has 0 aliphatic carbocycles. The third-order valence-corrected chi connectivity index (χ3v) is 4.16. The van der Waals surface area contributed by atoms with Crippen molar-refractivity contribution in [2.24, 2.45) is 0 Å². The Labute approximate surface area is 101 Å². The summed E-state index contributed by atoms with van der Waals surface area (Å²) in [4.78, 5) is 5.10. The van der Waals surface area contributed by atoms with E-state index in [9.17, 15) is 0 Å². The Balaban J connectivity index is 2.49. The lowest BCUT2D eigenvalue weighted by atomic mass is 9.97. The molecule has 1 fully saturated rings. The predicted octanol–water partition coefficient (Wildman–Crippen LogP) is 1.40. The zero-order chi connectivity index (χ0) is 12.3. The highest BCUT2D eigenvalue weighted by molar-refractivity contribution is 4.90. The van der Waals surface area contributed by atoms with Crippen molar-refractivity contribution >= 4 is 0 Å². The molecule has 2 atom stereocenters. The number of rotatable bonds is 4. The van der Waals surface area contributed by atoms with Gasteiger partial charge in [0.15, 0.2) is 0 Å². The van der Waals surface area contributed by atoms with Gasteiger partial charge in [-0.3, -0.25) is 9.80 Å². The first-order valence-corrected chi connectivity index (χ1v) is 6.49. The van der Waals surface area contributed by atoms with Gasteiger partial charge in [0.25, 0.3) is 0 Å². The largest absolute Gasteiger partial charge is 0.317 e. The Hall–Kier alpha value is -0.120. The summed E-state index contributed by atoms with van der Waals surface area (Å²) in [6, 6.07) is 1.29. The summed E-state index contributed by atoms with van der Waals surface area (Å²) in [5, 5.41) is 3.33. The van der Waals surface area contributed by atoms with Gasteiger partial charge in [-0.15, -0.1) is 0 Å². The molecule has 0 bridgehead atoms. The summed E-state index contributed by atoms with van der Waals surface area (Å²) < 4.78 is 0. The van der Waals surface area contributed by atoms with Crippen LogP contribution in [0.15, 0.2) is 0 Å². The molecular formula is C13H29N3. The van der Waals surface area contributed by atoms with E-state index >= 15 is 0 Å². The Morgan fingerprint density at radius 2 is 1.88 bits per heavy atom. The maximum Gasteiger partial charge on any atom is 0.0277 e. The minimum Gasteiger partial charge on any atom is -0.317 e. The number of nitrogens with one attached hydrogen (secondary N) is 1. The molecule has 0 spiro atoms. The number of nitrogens with zero attached hydrogens (tertiary/aromatic N) is 2. The van der Waals surface area contributed by atoms with Crippen molar-refractivity contribution in [2.75, 3.05) is 33.7 Å². The van der Waals surface area contributed by atoms with Gasteiger partial charge >= 0.3 is 0 Å². The number of piperazine rings is 1. The Bertz CT molecular complexity index is 215. The molecule has 0 aromatic heterocycles. The van der Waals surface area contributed by atoms with E-state index < -0.39 is 0 Å². The van der Waals surface area contributed by atoms with E-state index in [4.69, 9.17) is 0 Å².